The van der Waals surface area contributed by atoms with Crippen LogP contribution in [0.25, 0.3) is 11.0 Å². The number of nitrogens with one attached hydrogen (secondary N) is 2. The summed E-state index contributed by atoms with van der Waals surface area (Å²) in [7, 11) is 0. The SMILES string of the molecule is O=C(Oc1cc([N+](=O)[O-])c[nH]1)c1ccc2[nH]cnc2c1. The van der Waals surface area contributed by atoms with Gasteiger partial charge in [-0.1, -0.05) is 0 Å². The average molecular weight is 272 g/mol. The highest BCUT2D eigenvalue weighted by Gasteiger charge is 2.14. The molecule has 0 saturated heterocycles. The first-order valence-electron chi connectivity index (χ1n) is 5.61. The van der Waals surface area contributed by atoms with Gasteiger partial charge in [-0.3, -0.25) is 10.1 Å². The summed E-state index contributed by atoms with van der Waals surface area (Å²) in [5.41, 5.74) is 1.58. The van der Waals surface area contributed by atoms with E-state index in [1.54, 1.807) is 18.2 Å². The Hall–Kier alpha value is -3.16. The number of aromatic nitrogens is 3. The van der Waals surface area contributed by atoms with E-state index >= 15 is 0 Å². The first kappa shape index (κ1) is 11.9. The van der Waals surface area contributed by atoms with Crippen molar-refractivity contribution < 1.29 is 14.5 Å². The van der Waals surface area contributed by atoms with Crippen molar-refractivity contribution >= 4 is 22.7 Å². The van der Waals surface area contributed by atoms with Gasteiger partial charge in [0.2, 0.25) is 5.88 Å². The summed E-state index contributed by atoms with van der Waals surface area (Å²) in [5, 5.41) is 10.5. The van der Waals surface area contributed by atoms with Crippen molar-refractivity contribution in [1.82, 2.24) is 15.0 Å². The number of nitrogens with zero attached hydrogens (tertiary/aromatic N) is 2. The van der Waals surface area contributed by atoms with E-state index in [4.69, 9.17) is 4.74 Å². The summed E-state index contributed by atoms with van der Waals surface area (Å²) < 4.78 is 5.02. The molecule has 0 aliphatic rings. The fourth-order valence-corrected chi connectivity index (χ4v) is 1.74. The van der Waals surface area contributed by atoms with Gasteiger partial charge in [0, 0.05) is 0 Å². The van der Waals surface area contributed by atoms with Gasteiger partial charge in [-0.05, 0) is 18.2 Å². The topological polar surface area (TPSA) is 114 Å². The Morgan fingerprint density at radius 1 is 1.30 bits per heavy atom. The number of carbonyl (C=O) groups excluding carboxylic acids is 1. The highest BCUT2D eigenvalue weighted by molar-refractivity contribution is 5.94. The molecular weight excluding hydrogens is 264 g/mol. The maximum absolute atomic E-state index is 11.9. The molecule has 0 spiro atoms. The molecule has 0 amide bonds. The number of ether oxygens (including phenoxy) is 1. The molecule has 0 aliphatic heterocycles. The van der Waals surface area contributed by atoms with Gasteiger partial charge < -0.3 is 14.7 Å². The summed E-state index contributed by atoms with van der Waals surface area (Å²) in [4.78, 5) is 31.3. The molecule has 0 bridgehead atoms. The van der Waals surface area contributed by atoms with Crippen molar-refractivity contribution in [1.29, 1.82) is 0 Å². The Morgan fingerprint density at radius 2 is 2.15 bits per heavy atom. The maximum Gasteiger partial charge on any atom is 0.344 e. The molecule has 2 aromatic heterocycles. The molecule has 0 radical (unpaired) electrons. The summed E-state index contributed by atoms with van der Waals surface area (Å²) in [5.74, 6) is -0.601. The number of H-pyrrole nitrogens is 2. The molecule has 1 aromatic carbocycles. The zero-order valence-electron chi connectivity index (χ0n) is 9.99. The van der Waals surface area contributed by atoms with Gasteiger partial charge in [0.15, 0.2) is 0 Å². The second-order valence-electron chi connectivity index (χ2n) is 4.00. The minimum atomic E-state index is -0.619. The van der Waals surface area contributed by atoms with Crippen molar-refractivity contribution in [2.75, 3.05) is 0 Å². The summed E-state index contributed by atoms with van der Waals surface area (Å²) in [6.45, 7) is 0. The van der Waals surface area contributed by atoms with Crippen LogP contribution < -0.4 is 4.74 Å². The fourth-order valence-electron chi connectivity index (χ4n) is 1.74. The Labute approximate surface area is 111 Å². The van der Waals surface area contributed by atoms with E-state index in [9.17, 15) is 14.9 Å². The van der Waals surface area contributed by atoms with Crippen molar-refractivity contribution in [3.05, 3.63) is 52.5 Å². The first-order valence-corrected chi connectivity index (χ1v) is 5.61. The van der Waals surface area contributed by atoms with Crippen LogP contribution >= 0.6 is 0 Å². The van der Waals surface area contributed by atoms with E-state index in [0.717, 1.165) is 17.8 Å². The van der Waals surface area contributed by atoms with Crippen molar-refractivity contribution in [2.45, 2.75) is 0 Å². The Balaban J connectivity index is 1.82. The van der Waals surface area contributed by atoms with Crippen LogP contribution in [-0.4, -0.2) is 25.8 Å². The Kier molecular flexibility index (Phi) is 2.68. The van der Waals surface area contributed by atoms with Gasteiger partial charge in [0.05, 0.1) is 40.1 Å². The van der Waals surface area contributed by atoms with Crippen LogP contribution in [0.2, 0.25) is 0 Å². The molecule has 100 valence electrons. The molecule has 2 N–H and O–H groups in total. The lowest BCUT2D eigenvalue weighted by atomic mass is 10.2. The smallest absolute Gasteiger partial charge is 0.344 e. The van der Waals surface area contributed by atoms with E-state index in [1.807, 2.05) is 0 Å². The second-order valence-corrected chi connectivity index (χ2v) is 4.00. The number of hydrogen-bond donors (Lipinski definition) is 2. The number of hydrogen-bond acceptors (Lipinski definition) is 5. The molecule has 20 heavy (non-hydrogen) atoms. The standard InChI is InChI=1S/C12H8N4O4/c17-12(20-11-4-8(5-13-11)16(18)19)7-1-2-9-10(3-7)15-6-14-9/h1-6,13H,(H,14,15). The van der Waals surface area contributed by atoms with E-state index in [2.05, 4.69) is 15.0 Å². The molecule has 0 atom stereocenters. The third kappa shape index (κ3) is 2.09. The van der Waals surface area contributed by atoms with Gasteiger partial charge in [-0.25, -0.2) is 9.78 Å². The molecule has 0 fully saturated rings. The quantitative estimate of drug-likeness (QED) is 0.430. The third-order valence-electron chi connectivity index (χ3n) is 2.71. The van der Waals surface area contributed by atoms with Gasteiger partial charge >= 0.3 is 5.97 Å². The third-order valence-corrected chi connectivity index (χ3v) is 2.71. The Morgan fingerprint density at radius 3 is 2.90 bits per heavy atom. The summed E-state index contributed by atoms with van der Waals surface area (Å²) in [6, 6.07) is 6.01. The zero-order valence-corrected chi connectivity index (χ0v) is 9.99. The number of benzene rings is 1. The van der Waals surface area contributed by atoms with E-state index in [-0.39, 0.29) is 11.6 Å². The van der Waals surface area contributed by atoms with Crippen LogP contribution in [0.15, 0.2) is 36.8 Å². The average Bonchev–Trinajstić information content (AvgIpc) is 3.05. The van der Waals surface area contributed by atoms with E-state index < -0.39 is 10.9 Å². The number of imidazole rings is 1. The number of fused-ring (bicyclic) bond motifs is 1. The highest BCUT2D eigenvalue weighted by Crippen LogP contribution is 2.20. The molecule has 3 aromatic rings. The lowest BCUT2D eigenvalue weighted by Crippen LogP contribution is -2.08. The predicted octanol–water partition coefficient (Wildman–Crippen LogP) is 2.02. The van der Waals surface area contributed by atoms with Crippen molar-refractivity contribution in [3.8, 4) is 5.88 Å². The minimum absolute atomic E-state index is 0.0174. The summed E-state index contributed by atoms with van der Waals surface area (Å²) in [6.07, 6.45) is 2.67. The number of aromatic amines is 2. The van der Waals surface area contributed by atoms with Crippen LogP contribution in [0, 0.1) is 10.1 Å². The van der Waals surface area contributed by atoms with E-state index in [1.165, 1.54) is 6.33 Å². The number of rotatable bonds is 3. The molecule has 0 aliphatic carbocycles. The van der Waals surface area contributed by atoms with Gasteiger partial charge in [0.25, 0.3) is 5.69 Å². The highest BCUT2D eigenvalue weighted by atomic mass is 16.6. The molecule has 3 rings (SSSR count). The van der Waals surface area contributed by atoms with E-state index in [0.29, 0.717) is 11.1 Å². The number of carbonyl (C=O) groups is 1. The molecule has 0 unspecified atom stereocenters. The molecule has 8 heteroatoms. The largest absolute Gasteiger partial charge is 0.406 e. The van der Waals surface area contributed by atoms with Crippen LogP contribution in [0.3, 0.4) is 0 Å². The maximum atomic E-state index is 11.9. The molecular formula is C12H8N4O4. The number of nitro groups is 1. The van der Waals surface area contributed by atoms with Crippen LogP contribution in [0.5, 0.6) is 5.88 Å². The van der Waals surface area contributed by atoms with Crippen molar-refractivity contribution in [3.63, 3.8) is 0 Å². The van der Waals surface area contributed by atoms with Gasteiger partial charge in [-0.2, -0.15) is 0 Å². The van der Waals surface area contributed by atoms with Crippen LogP contribution in [0.1, 0.15) is 10.4 Å². The zero-order chi connectivity index (χ0) is 14.1. The van der Waals surface area contributed by atoms with Crippen LogP contribution in [-0.2, 0) is 0 Å². The molecule has 0 saturated carbocycles. The molecule has 2 heterocycles. The normalized spacial score (nSPS) is 10.6. The summed E-state index contributed by atoms with van der Waals surface area (Å²) >= 11 is 0. The lowest BCUT2D eigenvalue weighted by Gasteiger charge is -2.01. The molecule has 8 nitrogen and oxygen atoms in total. The van der Waals surface area contributed by atoms with Crippen molar-refractivity contribution in [2.24, 2.45) is 0 Å². The second kappa shape index (κ2) is 4.50. The first-order chi connectivity index (χ1) is 9.63. The lowest BCUT2D eigenvalue weighted by molar-refractivity contribution is -0.384. The fraction of sp³-hybridized carbons (Fsp3) is 0. The Bertz CT molecular complexity index is 805. The number of esters is 1. The van der Waals surface area contributed by atoms with Gasteiger partial charge in [0.1, 0.15) is 0 Å². The minimum Gasteiger partial charge on any atom is -0.406 e. The monoisotopic (exact) mass is 272 g/mol. The van der Waals surface area contributed by atoms with Crippen LogP contribution in [0.4, 0.5) is 5.69 Å². The van der Waals surface area contributed by atoms with Gasteiger partial charge in [-0.15, -0.1) is 0 Å². The predicted molar refractivity (Wildman–Crippen MR) is 68.5 cm³/mol.